The van der Waals surface area contributed by atoms with Crippen molar-refractivity contribution in [3.63, 3.8) is 0 Å². The first-order chi connectivity index (χ1) is 14.6. The molecule has 4 aromatic rings. The average molecular weight is 437 g/mol. The summed E-state index contributed by atoms with van der Waals surface area (Å²) >= 11 is 12.6. The van der Waals surface area contributed by atoms with Gasteiger partial charge in [0.05, 0.1) is 26.6 Å². The first-order valence-electron chi connectivity index (χ1n) is 9.47. The molecule has 150 valence electrons. The van der Waals surface area contributed by atoms with Crippen molar-refractivity contribution in [3.8, 4) is 0 Å². The van der Waals surface area contributed by atoms with Gasteiger partial charge in [-0.05, 0) is 43.3 Å². The van der Waals surface area contributed by atoms with Gasteiger partial charge >= 0.3 is 5.97 Å². The number of aryl methyl sites for hydroxylation is 1. The van der Waals surface area contributed by atoms with E-state index in [-0.39, 0.29) is 5.56 Å². The van der Waals surface area contributed by atoms with Gasteiger partial charge in [0.2, 0.25) is 0 Å². The lowest BCUT2D eigenvalue weighted by Crippen LogP contribution is -2.07. The van der Waals surface area contributed by atoms with E-state index in [0.717, 1.165) is 11.0 Å². The Morgan fingerprint density at radius 2 is 1.53 bits per heavy atom. The van der Waals surface area contributed by atoms with Crippen LogP contribution in [0.3, 0.4) is 0 Å². The van der Waals surface area contributed by atoms with Gasteiger partial charge in [-0.15, -0.1) is 0 Å². The number of rotatable bonds is 5. The summed E-state index contributed by atoms with van der Waals surface area (Å²) in [5, 5.41) is 0.789. The zero-order valence-electron chi connectivity index (χ0n) is 16.2. The molecule has 0 aliphatic heterocycles. The second-order valence-electron chi connectivity index (χ2n) is 6.56. The molecule has 0 fully saturated rings. The number of carbonyl (C=O) groups excluding carboxylic acids is 1. The van der Waals surface area contributed by atoms with Crippen molar-refractivity contribution >= 4 is 52.0 Å². The molecule has 3 aromatic carbocycles. The van der Waals surface area contributed by atoms with E-state index in [4.69, 9.17) is 32.9 Å². The quantitative estimate of drug-likeness (QED) is 0.257. The summed E-state index contributed by atoms with van der Waals surface area (Å²) in [7, 11) is 0. The molecule has 1 aromatic heterocycles. The molecular weight excluding hydrogens is 419 g/mol. The van der Waals surface area contributed by atoms with Crippen molar-refractivity contribution in [3.05, 3.63) is 99.8 Å². The lowest BCUT2D eigenvalue weighted by molar-refractivity contribution is 0.0694. The summed E-state index contributed by atoms with van der Waals surface area (Å²) in [6, 6.07) is 21.8. The maximum atomic E-state index is 12.9. The maximum Gasteiger partial charge on any atom is 0.345 e. The van der Waals surface area contributed by atoms with Crippen LogP contribution in [0.25, 0.3) is 22.9 Å². The Hall–Kier alpha value is -3.08. The Balaban J connectivity index is 1.83. The maximum absolute atomic E-state index is 12.9. The Labute approximate surface area is 184 Å². The number of nitrogens with zero attached hydrogens (tertiary/aromatic N) is 2. The highest BCUT2D eigenvalue weighted by atomic mass is 35.5. The molecule has 0 radical (unpaired) electrons. The predicted molar refractivity (Wildman–Crippen MR) is 122 cm³/mol. The minimum absolute atomic E-state index is 0.279. The molecule has 0 amide bonds. The number of carbonyl (C=O) groups is 1. The van der Waals surface area contributed by atoms with E-state index >= 15 is 0 Å². The van der Waals surface area contributed by atoms with Crippen LogP contribution in [-0.4, -0.2) is 15.5 Å². The average Bonchev–Trinajstić information content (AvgIpc) is 3.11. The van der Waals surface area contributed by atoms with Crippen molar-refractivity contribution in [2.24, 2.45) is 0 Å². The topological polar surface area (TPSA) is 44.1 Å². The fourth-order valence-electron chi connectivity index (χ4n) is 3.26. The molecular formula is C24H18Cl2N2O2. The van der Waals surface area contributed by atoms with Gasteiger partial charge in [0.15, 0.2) is 0 Å². The summed E-state index contributed by atoms with van der Waals surface area (Å²) in [5.41, 5.74) is 2.74. The van der Waals surface area contributed by atoms with Gasteiger partial charge in [0.1, 0.15) is 11.6 Å². The number of aromatic nitrogens is 2. The fraction of sp³-hybridized carbons (Fsp3) is 0.0833. The Morgan fingerprint density at radius 3 is 2.20 bits per heavy atom. The van der Waals surface area contributed by atoms with E-state index in [1.165, 1.54) is 0 Å². The highest BCUT2D eigenvalue weighted by Crippen LogP contribution is 2.29. The van der Waals surface area contributed by atoms with Gasteiger partial charge in [0, 0.05) is 18.2 Å². The SMILES string of the molecule is CCn1c(C=C(OC(=O)c2ccccc2Cl)c2ccccc2Cl)nc2ccccc21. The number of ether oxygens (including phenoxy) is 1. The summed E-state index contributed by atoms with van der Waals surface area (Å²) in [4.78, 5) is 17.6. The van der Waals surface area contributed by atoms with Gasteiger partial charge < -0.3 is 9.30 Å². The number of hydrogen-bond acceptors (Lipinski definition) is 3. The molecule has 4 nitrogen and oxygen atoms in total. The third-order valence-corrected chi connectivity index (χ3v) is 5.36. The van der Waals surface area contributed by atoms with Crippen LogP contribution in [0.2, 0.25) is 10.0 Å². The standard InChI is InChI=1S/C24H18Cl2N2O2/c1-2-28-21-14-8-7-13-20(21)27-23(28)15-22(16-9-3-5-11-18(16)25)30-24(29)17-10-4-6-12-19(17)26/h3-15H,2H2,1H3. The van der Waals surface area contributed by atoms with Crippen molar-refractivity contribution in [2.75, 3.05) is 0 Å². The third kappa shape index (κ3) is 3.97. The van der Waals surface area contributed by atoms with Gasteiger partial charge in [-0.3, -0.25) is 0 Å². The number of imidazole rings is 1. The van der Waals surface area contributed by atoms with Crippen LogP contribution in [0, 0.1) is 0 Å². The van der Waals surface area contributed by atoms with Crippen molar-refractivity contribution in [1.29, 1.82) is 0 Å². The smallest absolute Gasteiger partial charge is 0.345 e. The highest BCUT2D eigenvalue weighted by Gasteiger charge is 2.18. The lowest BCUT2D eigenvalue weighted by atomic mass is 10.1. The van der Waals surface area contributed by atoms with Crippen molar-refractivity contribution in [1.82, 2.24) is 9.55 Å². The molecule has 30 heavy (non-hydrogen) atoms. The van der Waals surface area contributed by atoms with Crippen molar-refractivity contribution < 1.29 is 9.53 Å². The number of fused-ring (bicyclic) bond motifs is 1. The molecule has 0 saturated heterocycles. The molecule has 0 bridgehead atoms. The fourth-order valence-corrected chi connectivity index (χ4v) is 3.70. The molecule has 1 heterocycles. The van der Waals surface area contributed by atoms with Gasteiger partial charge in [-0.25, -0.2) is 9.78 Å². The zero-order valence-corrected chi connectivity index (χ0v) is 17.7. The number of para-hydroxylation sites is 2. The molecule has 0 unspecified atom stereocenters. The number of benzene rings is 3. The molecule has 0 aliphatic carbocycles. The van der Waals surface area contributed by atoms with Crippen LogP contribution in [0.1, 0.15) is 28.7 Å². The highest BCUT2D eigenvalue weighted by molar-refractivity contribution is 6.34. The number of halogens is 2. The van der Waals surface area contributed by atoms with Gasteiger partial charge in [-0.1, -0.05) is 59.6 Å². The minimum atomic E-state index is -0.564. The van der Waals surface area contributed by atoms with Crippen LogP contribution in [0.4, 0.5) is 0 Å². The third-order valence-electron chi connectivity index (χ3n) is 4.70. The number of hydrogen-bond donors (Lipinski definition) is 0. The van der Waals surface area contributed by atoms with E-state index in [2.05, 4.69) is 4.57 Å². The van der Waals surface area contributed by atoms with E-state index in [0.29, 0.717) is 33.7 Å². The van der Waals surface area contributed by atoms with E-state index < -0.39 is 5.97 Å². The summed E-state index contributed by atoms with van der Waals surface area (Å²) in [6.45, 7) is 2.75. The van der Waals surface area contributed by atoms with Crippen LogP contribution in [0.5, 0.6) is 0 Å². The van der Waals surface area contributed by atoms with E-state index in [1.807, 2.05) is 43.3 Å². The monoisotopic (exact) mass is 436 g/mol. The molecule has 0 atom stereocenters. The van der Waals surface area contributed by atoms with Gasteiger partial charge in [-0.2, -0.15) is 0 Å². The normalized spacial score (nSPS) is 11.6. The summed E-state index contributed by atoms with van der Waals surface area (Å²) in [5.74, 6) is 0.405. The molecule has 0 spiro atoms. The van der Waals surface area contributed by atoms with Crippen LogP contribution in [0.15, 0.2) is 72.8 Å². The van der Waals surface area contributed by atoms with Gasteiger partial charge in [0.25, 0.3) is 0 Å². The molecule has 0 saturated carbocycles. The van der Waals surface area contributed by atoms with Crippen LogP contribution in [-0.2, 0) is 11.3 Å². The van der Waals surface area contributed by atoms with Crippen molar-refractivity contribution in [2.45, 2.75) is 13.5 Å². The first kappa shape index (κ1) is 20.2. The first-order valence-corrected chi connectivity index (χ1v) is 10.2. The minimum Gasteiger partial charge on any atom is -0.422 e. The van der Waals surface area contributed by atoms with Crippen LogP contribution >= 0.6 is 23.2 Å². The molecule has 0 aliphatic rings. The number of esters is 1. The lowest BCUT2D eigenvalue weighted by Gasteiger charge is -2.12. The Kier molecular flexibility index (Phi) is 5.88. The molecule has 6 heteroatoms. The van der Waals surface area contributed by atoms with E-state index in [1.54, 1.807) is 42.5 Å². The molecule has 0 N–H and O–H groups in total. The zero-order chi connectivity index (χ0) is 21.1. The Morgan fingerprint density at radius 1 is 0.933 bits per heavy atom. The van der Waals surface area contributed by atoms with Crippen LogP contribution < -0.4 is 0 Å². The Bertz CT molecular complexity index is 1260. The summed E-state index contributed by atoms with van der Waals surface area (Å²) < 4.78 is 7.83. The predicted octanol–water partition coefficient (Wildman–Crippen LogP) is 6.72. The second kappa shape index (κ2) is 8.74. The largest absolute Gasteiger partial charge is 0.422 e. The second-order valence-corrected chi connectivity index (χ2v) is 7.38. The van der Waals surface area contributed by atoms with E-state index in [9.17, 15) is 4.79 Å². The molecule has 4 rings (SSSR count). The summed E-state index contributed by atoms with van der Waals surface area (Å²) in [6.07, 6.45) is 1.74.